The summed E-state index contributed by atoms with van der Waals surface area (Å²) in [5, 5.41) is 3.21. The molecule has 1 N–H and O–H groups in total. The molecule has 0 radical (unpaired) electrons. The van der Waals surface area contributed by atoms with Crippen LogP contribution in [0.1, 0.15) is 5.56 Å². The van der Waals surface area contributed by atoms with Crippen LogP contribution in [0.5, 0.6) is 11.5 Å². The molecule has 0 heterocycles. The molecule has 0 aromatic heterocycles. The molecule has 2 rings (SSSR count). The van der Waals surface area contributed by atoms with Crippen LogP contribution in [0, 0.1) is 0 Å². The zero-order chi connectivity index (χ0) is 18.8. The lowest BCUT2D eigenvalue weighted by molar-refractivity contribution is -0.147. The van der Waals surface area contributed by atoms with Crippen LogP contribution < -0.4 is 14.8 Å². The SMILES string of the molecule is COc1ccccc1OCCNC(=O)COC(=O)Cc1ccc(Cl)cc1. The van der Waals surface area contributed by atoms with E-state index in [1.165, 1.54) is 0 Å². The maximum Gasteiger partial charge on any atom is 0.310 e. The summed E-state index contributed by atoms with van der Waals surface area (Å²) in [4.78, 5) is 23.4. The molecule has 0 saturated heterocycles. The second kappa shape index (κ2) is 10.3. The van der Waals surface area contributed by atoms with E-state index in [1.807, 2.05) is 12.1 Å². The summed E-state index contributed by atoms with van der Waals surface area (Å²) in [6.07, 6.45) is 0.0847. The molecule has 0 spiro atoms. The van der Waals surface area contributed by atoms with Crippen LogP contribution in [0.15, 0.2) is 48.5 Å². The van der Waals surface area contributed by atoms with E-state index < -0.39 is 11.9 Å². The molecular weight excluding hydrogens is 358 g/mol. The first kappa shape index (κ1) is 19.6. The minimum Gasteiger partial charge on any atom is -0.493 e. The summed E-state index contributed by atoms with van der Waals surface area (Å²) < 4.78 is 15.6. The lowest BCUT2D eigenvalue weighted by Gasteiger charge is -2.11. The molecule has 7 heteroatoms. The van der Waals surface area contributed by atoms with E-state index >= 15 is 0 Å². The summed E-state index contributed by atoms with van der Waals surface area (Å²) in [7, 11) is 1.56. The molecule has 6 nitrogen and oxygen atoms in total. The van der Waals surface area contributed by atoms with Crippen LogP contribution in [0.4, 0.5) is 0 Å². The Morgan fingerprint density at radius 3 is 2.42 bits per heavy atom. The Balaban J connectivity index is 1.62. The Kier molecular flexibility index (Phi) is 7.76. The van der Waals surface area contributed by atoms with Gasteiger partial charge < -0.3 is 19.5 Å². The first-order valence-electron chi connectivity index (χ1n) is 8.01. The number of esters is 1. The number of amides is 1. The smallest absolute Gasteiger partial charge is 0.310 e. The first-order chi connectivity index (χ1) is 12.6. The van der Waals surface area contributed by atoms with E-state index in [0.717, 1.165) is 5.56 Å². The van der Waals surface area contributed by atoms with E-state index in [1.54, 1.807) is 43.5 Å². The van der Waals surface area contributed by atoms with Crippen molar-refractivity contribution in [2.45, 2.75) is 6.42 Å². The van der Waals surface area contributed by atoms with Gasteiger partial charge in [-0.25, -0.2) is 0 Å². The van der Waals surface area contributed by atoms with Crippen molar-refractivity contribution in [1.82, 2.24) is 5.32 Å². The number of carbonyl (C=O) groups excluding carboxylic acids is 2. The summed E-state index contributed by atoms with van der Waals surface area (Å²) in [5.41, 5.74) is 0.769. The number of rotatable bonds is 9. The van der Waals surface area contributed by atoms with Crippen molar-refractivity contribution in [3.05, 3.63) is 59.1 Å². The van der Waals surface area contributed by atoms with Crippen LogP contribution in [0.25, 0.3) is 0 Å². The highest BCUT2D eigenvalue weighted by molar-refractivity contribution is 6.30. The molecule has 0 fully saturated rings. The number of nitrogens with one attached hydrogen (secondary N) is 1. The van der Waals surface area contributed by atoms with Gasteiger partial charge in [0.2, 0.25) is 0 Å². The summed E-state index contributed by atoms with van der Waals surface area (Å²) >= 11 is 5.78. The zero-order valence-corrected chi connectivity index (χ0v) is 15.1. The highest BCUT2D eigenvalue weighted by Gasteiger charge is 2.09. The standard InChI is InChI=1S/C19H20ClNO5/c1-24-16-4-2-3-5-17(16)25-11-10-21-18(22)13-26-19(23)12-14-6-8-15(20)9-7-14/h2-9H,10-13H2,1H3,(H,21,22). The molecule has 1 amide bonds. The first-order valence-corrected chi connectivity index (χ1v) is 8.39. The van der Waals surface area contributed by atoms with Crippen molar-refractivity contribution in [3.63, 3.8) is 0 Å². The van der Waals surface area contributed by atoms with Gasteiger partial charge in [-0.2, -0.15) is 0 Å². The molecular formula is C19H20ClNO5. The van der Waals surface area contributed by atoms with Crippen LogP contribution >= 0.6 is 11.6 Å². The Labute approximate surface area is 157 Å². The number of hydrogen-bond donors (Lipinski definition) is 1. The van der Waals surface area contributed by atoms with Gasteiger partial charge in [0.25, 0.3) is 5.91 Å². The van der Waals surface area contributed by atoms with Crippen LogP contribution in [0.3, 0.4) is 0 Å². The Hall–Kier alpha value is -2.73. The third kappa shape index (κ3) is 6.64. The topological polar surface area (TPSA) is 73.9 Å². The normalized spacial score (nSPS) is 10.1. The summed E-state index contributed by atoms with van der Waals surface area (Å²) in [6, 6.07) is 14.1. The number of carbonyl (C=O) groups is 2. The molecule has 138 valence electrons. The quantitative estimate of drug-likeness (QED) is 0.537. The van der Waals surface area contributed by atoms with Gasteiger partial charge in [0, 0.05) is 5.02 Å². The molecule has 26 heavy (non-hydrogen) atoms. The molecule has 0 aliphatic carbocycles. The second-order valence-corrected chi connectivity index (χ2v) is 5.75. The molecule has 0 aliphatic heterocycles. The van der Waals surface area contributed by atoms with Crippen molar-refractivity contribution in [2.24, 2.45) is 0 Å². The molecule has 0 unspecified atom stereocenters. The third-order valence-electron chi connectivity index (χ3n) is 3.38. The van der Waals surface area contributed by atoms with Gasteiger partial charge in [0.15, 0.2) is 18.1 Å². The number of methoxy groups -OCH3 is 1. The average Bonchev–Trinajstić information content (AvgIpc) is 2.65. The zero-order valence-electron chi connectivity index (χ0n) is 14.4. The molecule has 0 atom stereocenters. The van der Waals surface area contributed by atoms with E-state index in [-0.39, 0.29) is 26.2 Å². The van der Waals surface area contributed by atoms with Crippen molar-refractivity contribution in [2.75, 3.05) is 26.9 Å². The Bertz CT molecular complexity index is 733. The van der Waals surface area contributed by atoms with Crippen LogP contribution in [-0.2, 0) is 20.7 Å². The number of halogens is 1. The second-order valence-electron chi connectivity index (χ2n) is 5.31. The van der Waals surface area contributed by atoms with Gasteiger partial charge in [-0.1, -0.05) is 35.9 Å². The predicted molar refractivity (Wildman–Crippen MR) is 97.6 cm³/mol. The fraction of sp³-hybridized carbons (Fsp3) is 0.263. The van der Waals surface area contributed by atoms with Crippen LogP contribution in [-0.4, -0.2) is 38.7 Å². The van der Waals surface area contributed by atoms with Crippen molar-refractivity contribution in [3.8, 4) is 11.5 Å². The van der Waals surface area contributed by atoms with E-state index in [2.05, 4.69) is 5.32 Å². The molecule has 0 aliphatic rings. The average molecular weight is 378 g/mol. The highest BCUT2D eigenvalue weighted by atomic mass is 35.5. The van der Waals surface area contributed by atoms with Crippen molar-refractivity contribution in [1.29, 1.82) is 0 Å². The van der Waals surface area contributed by atoms with E-state index in [9.17, 15) is 9.59 Å². The lowest BCUT2D eigenvalue weighted by Crippen LogP contribution is -2.32. The minimum atomic E-state index is -0.479. The van der Waals surface area contributed by atoms with Gasteiger partial charge in [0.05, 0.1) is 20.1 Å². The monoisotopic (exact) mass is 377 g/mol. The minimum absolute atomic E-state index is 0.0847. The fourth-order valence-corrected chi connectivity index (χ4v) is 2.23. The largest absolute Gasteiger partial charge is 0.493 e. The number of hydrogen-bond acceptors (Lipinski definition) is 5. The summed E-state index contributed by atoms with van der Waals surface area (Å²) in [5.74, 6) is 0.347. The fourth-order valence-electron chi connectivity index (χ4n) is 2.11. The summed E-state index contributed by atoms with van der Waals surface area (Å²) in [6.45, 7) is 0.220. The molecule has 2 aromatic carbocycles. The maximum atomic E-state index is 11.7. The molecule has 2 aromatic rings. The van der Waals surface area contributed by atoms with Gasteiger partial charge >= 0.3 is 5.97 Å². The van der Waals surface area contributed by atoms with Gasteiger partial charge in [-0.3, -0.25) is 9.59 Å². The number of benzene rings is 2. The number of ether oxygens (including phenoxy) is 3. The van der Waals surface area contributed by atoms with Gasteiger partial charge in [-0.15, -0.1) is 0 Å². The molecule has 0 saturated carbocycles. The van der Waals surface area contributed by atoms with Gasteiger partial charge in [0.1, 0.15) is 6.61 Å². The number of para-hydroxylation sites is 2. The van der Waals surface area contributed by atoms with E-state index in [0.29, 0.717) is 16.5 Å². The van der Waals surface area contributed by atoms with Crippen LogP contribution in [0.2, 0.25) is 5.02 Å². The lowest BCUT2D eigenvalue weighted by atomic mass is 10.1. The maximum absolute atomic E-state index is 11.7. The third-order valence-corrected chi connectivity index (χ3v) is 3.63. The Morgan fingerprint density at radius 1 is 1.04 bits per heavy atom. The van der Waals surface area contributed by atoms with Crippen molar-refractivity contribution >= 4 is 23.5 Å². The molecule has 0 bridgehead atoms. The van der Waals surface area contributed by atoms with Crippen molar-refractivity contribution < 1.29 is 23.8 Å². The highest BCUT2D eigenvalue weighted by Crippen LogP contribution is 2.25. The van der Waals surface area contributed by atoms with Gasteiger partial charge in [-0.05, 0) is 29.8 Å². The van der Waals surface area contributed by atoms with E-state index in [4.69, 9.17) is 25.8 Å². The predicted octanol–water partition coefficient (Wildman–Crippen LogP) is 2.63. The Morgan fingerprint density at radius 2 is 1.73 bits per heavy atom.